The minimum Gasteiger partial charge on any atom is -0.497 e. The van der Waals surface area contributed by atoms with Crippen molar-refractivity contribution in [1.82, 2.24) is 15.1 Å². The first kappa shape index (κ1) is 12.2. The van der Waals surface area contributed by atoms with Crippen LogP contribution < -0.4 is 10.5 Å². The van der Waals surface area contributed by atoms with E-state index < -0.39 is 0 Å². The Labute approximate surface area is 115 Å². The molecule has 2 aromatic heterocycles. The smallest absolute Gasteiger partial charge is 0.230 e. The summed E-state index contributed by atoms with van der Waals surface area (Å²) in [6.07, 6.45) is 3.29. The van der Waals surface area contributed by atoms with E-state index in [2.05, 4.69) is 15.1 Å². The summed E-state index contributed by atoms with van der Waals surface area (Å²) in [6, 6.07) is 9.19. The predicted molar refractivity (Wildman–Crippen MR) is 73.9 cm³/mol. The average molecular weight is 268 g/mol. The Hall–Kier alpha value is -2.89. The molecule has 3 rings (SSSR count). The van der Waals surface area contributed by atoms with Crippen molar-refractivity contribution in [1.29, 1.82) is 0 Å². The molecule has 3 aromatic rings. The van der Waals surface area contributed by atoms with E-state index in [4.69, 9.17) is 15.0 Å². The van der Waals surface area contributed by atoms with Crippen LogP contribution in [0.15, 0.2) is 47.2 Å². The van der Waals surface area contributed by atoms with Gasteiger partial charge in [0.25, 0.3) is 0 Å². The molecule has 0 amide bonds. The third-order valence-electron chi connectivity index (χ3n) is 2.87. The second-order valence-electron chi connectivity index (χ2n) is 4.07. The normalized spacial score (nSPS) is 10.4. The molecular formula is C14H12N4O2. The summed E-state index contributed by atoms with van der Waals surface area (Å²) in [5.74, 6) is 1.47. The Morgan fingerprint density at radius 2 is 1.80 bits per heavy atom. The summed E-state index contributed by atoms with van der Waals surface area (Å²) in [4.78, 5) is 8.34. The lowest BCUT2D eigenvalue weighted by Gasteiger charge is -2.03. The van der Waals surface area contributed by atoms with Crippen LogP contribution >= 0.6 is 0 Å². The fourth-order valence-corrected chi connectivity index (χ4v) is 1.91. The van der Waals surface area contributed by atoms with Crippen molar-refractivity contribution in [2.75, 3.05) is 12.8 Å². The zero-order valence-corrected chi connectivity index (χ0v) is 10.8. The van der Waals surface area contributed by atoms with Gasteiger partial charge >= 0.3 is 0 Å². The molecule has 0 saturated carbocycles. The standard InChI is InChI=1S/C14H12N4O2/c1-19-10-5-3-9(4-6-10)11-12(18-20-13(11)15)14-16-7-2-8-17-14/h2-8H,15H2,1H3. The summed E-state index contributed by atoms with van der Waals surface area (Å²) in [5.41, 5.74) is 7.93. The van der Waals surface area contributed by atoms with E-state index in [-0.39, 0.29) is 5.88 Å². The van der Waals surface area contributed by atoms with Crippen LogP contribution in [-0.2, 0) is 0 Å². The minimum absolute atomic E-state index is 0.234. The van der Waals surface area contributed by atoms with Gasteiger partial charge in [0.05, 0.1) is 12.7 Å². The third-order valence-corrected chi connectivity index (χ3v) is 2.87. The van der Waals surface area contributed by atoms with Gasteiger partial charge in [-0.1, -0.05) is 17.3 Å². The highest BCUT2D eigenvalue weighted by atomic mass is 16.5. The molecule has 0 aliphatic heterocycles. The molecule has 2 heterocycles. The maximum Gasteiger partial charge on any atom is 0.230 e. The molecule has 0 atom stereocenters. The summed E-state index contributed by atoms with van der Waals surface area (Å²) in [5, 5.41) is 3.95. The van der Waals surface area contributed by atoms with Crippen molar-refractivity contribution in [3.63, 3.8) is 0 Å². The number of ether oxygens (including phenoxy) is 1. The lowest BCUT2D eigenvalue weighted by Crippen LogP contribution is -1.91. The molecule has 0 aliphatic rings. The molecule has 0 bridgehead atoms. The molecule has 0 spiro atoms. The van der Waals surface area contributed by atoms with Crippen molar-refractivity contribution >= 4 is 5.88 Å². The monoisotopic (exact) mass is 268 g/mol. The van der Waals surface area contributed by atoms with E-state index >= 15 is 0 Å². The molecule has 0 radical (unpaired) electrons. The number of benzene rings is 1. The summed E-state index contributed by atoms with van der Waals surface area (Å²) in [6.45, 7) is 0. The van der Waals surface area contributed by atoms with E-state index in [1.54, 1.807) is 25.6 Å². The maximum absolute atomic E-state index is 5.87. The number of hydrogen-bond acceptors (Lipinski definition) is 6. The number of aromatic nitrogens is 3. The van der Waals surface area contributed by atoms with Gasteiger partial charge in [-0.2, -0.15) is 0 Å². The number of nitrogens with two attached hydrogens (primary N) is 1. The highest BCUT2D eigenvalue weighted by molar-refractivity contribution is 5.84. The number of rotatable bonds is 3. The van der Waals surface area contributed by atoms with E-state index in [1.807, 2.05) is 24.3 Å². The van der Waals surface area contributed by atoms with Gasteiger partial charge in [-0.25, -0.2) is 9.97 Å². The molecule has 0 saturated heterocycles. The second-order valence-corrected chi connectivity index (χ2v) is 4.07. The zero-order valence-electron chi connectivity index (χ0n) is 10.8. The van der Waals surface area contributed by atoms with Gasteiger partial charge in [-0.05, 0) is 23.8 Å². The highest BCUT2D eigenvalue weighted by Gasteiger charge is 2.19. The van der Waals surface area contributed by atoms with Crippen LogP contribution in [0.4, 0.5) is 5.88 Å². The van der Waals surface area contributed by atoms with Gasteiger partial charge in [0.1, 0.15) is 5.75 Å². The molecule has 0 fully saturated rings. The SMILES string of the molecule is COc1ccc(-c2c(-c3ncccn3)noc2N)cc1. The quantitative estimate of drug-likeness (QED) is 0.784. The Kier molecular flexibility index (Phi) is 3.04. The summed E-state index contributed by atoms with van der Waals surface area (Å²) >= 11 is 0. The molecule has 0 aliphatic carbocycles. The van der Waals surface area contributed by atoms with Gasteiger partial charge in [0.2, 0.25) is 5.88 Å². The van der Waals surface area contributed by atoms with Crippen LogP contribution in [0.3, 0.4) is 0 Å². The lowest BCUT2D eigenvalue weighted by molar-refractivity contribution is 0.415. The molecule has 2 N–H and O–H groups in total. The summed E-state index contributed by atoms with van der Waals surface area (Å²) in [7, 11) is 1.62. The zero-order chi connectivity index (χ0) is 13.9. The Bertz CT molecular complexity index is 708. The highest BCUT2D eigenvalue weighted by Crippen LogP contribution is 2.35. The molecule has 100 valence electrons. The molecule has 6 heteroatoms. The number of nitrogen functional groups attached to an aromatic ring is 1. The van der Waals surface area contributed by atoms with Crippen LogP contribution in [0, 0.1) is 0 Å². The van der Waals surface area contributed by atoms with Crippen molar-refractivity contribution in [3.05, 3.63) is 42.7 Å². The van der Waals surface area contributed by atoms with Crippen molar-refractivity contribution in [2.45, 2.75) is 0 Å². The van der Waals surface area contributed by atoms with Gasteiger partial charge < -0.3 is 15.0 Å². The van der Waals surface area contributed by atoms with Crippen LogP contribution in [0.2, 0.25) is 0 Å². The predicted octanol–water partition coefficient (Wildman–Crippen LogP) is 2.39. The van der Waals surface area contributed by atoms with Crippen LogP contribution in [-0.4, -0.2) is 22.2 Å². The number of methoxy groups -OCH3 is 1. The van der Waals surface area contributed by atoms with Crippen LogP contribution in [0.1, 0.15) is 0 Å². The maximum atomic E-state index is 5.87. The lowest BCUT2D eigenvalue weighted by atomic mass is 10.1. The fourth-order valence-electron chi connectivity index (χ4n) is 1.91. The van der Waals surface area contributed by atoms with E-state index in [9.17, 15) is 0 Å². The van der Waals surface area contributed by atoms with Crippen molar-refractivity contribution in [3.8, 4) is 28.4 Å². The van der Waals surface area contributed by atoms with Gasteiger partial charge in [0, 0.05) is 12.4 Å². The molecule has 1 aromatic carbocycles. The topological polar surface area (TPSA) is 87.1 Å². The molecular weight excluding hydrogens is 256 g/mol. The van der Waals surface area contributed by atoms with Crippen molar-refractivity contribution < 1.29 is 9.26 Å². The van der Waals surface area contributed by atoms with Crippen LogP contribution in [0.25, 0.3) is 22.6 Å². The first-order chi connectivity index (χ1) is 9.79. The molecule has 6 nitrogen and oxygen atoms in total. The Morgan fingerprint density at radius 1 is 1.10 bits per heavy atom. The fraction of sp³-hybridized carbons (Fsp3) is 0.0714. The van der Waals surface area contributed by atoms with Gasteiger partial charge in [-0.3, -0.25) is 0 Å². The molecule has 0 unspecified atom stereocenters. The Morgan fingerprint density at radius 3 is 2.45 bits per heavy atom. The number of nitrogens with zero attached hydrogens (tertiary/aromatic N) is 3. The van der Waals surface area contributed by atoms with E-state index in [0.717, 1.165) is 11.3 Å². The molecule has 20 heavy (non-hydrogen) atoms. The van der Waals surface area contributed by atoms with Crippen LogP contribution in [0.5, 0.6) is 5.75 Å². The van der Waals surface area contributed by atoms with E-state index in [0.29, 0.717) is 17.1 Å². The number of hydrogen-bond donors (Lipinski definition) is 1. The number of anilines is 1. The first-order valence-electron chi connectivity index (χ1n) is 5.96. The Balaban J connectivity index is 2.11. The van der Waals surface area contributed by atoms with Crippen molar-refractivity contribution in [2.24, 2.45) is 0 Å². The van der Waals surface area contributed by atoms with Gasteiger partial charge in [-0.15, -0.1) is 0 Å². The third kappa shape index (κ3) is 2.07. The first-order valence-corrected chi connectivity index (χ1v) is 5.96. The van der Waals surface area contributed by atoms with Gasteiger partial charge in [0.15, 0.2) is 11.5 Å². The minimum atomic E-state index is 0.234. The van der Waals surface area contributed by atoms with E-state index in [1.165, 1.54) is 0 Å². The average Bonchev–Trinajstić information content (AvgIpc) is 2.90. The largest absolute Gasteiger partial charge is 0.497 e. The second kappa shape index (κ2) is 5.00. The summed E-state index contributed by atoms with van der Waals surface area (Å²) < 4.78 is 10.2.